The Morgan fingerprint density at radius 3 is 2.12 bits per heavy atom. The van der Waals surface area contributed by atoms with E-state index in [4.69, 9.17) is 5.26 Å². The van der Waals surface area contributed by atoms with Crippen molar-refractivity contribution in [1.29, 1.82) is 5.26 Å². The summed E-state index contributed by atoms with van der Waals surface area (Å²) in [5.41, 5.74) is 2.17. The summed E-state index contributed by atoms with van der Waals surface area (Å²) in [4.78, 5) is 0. The molecule has 0 fully saturated rings. The Bertz CT molecular complexity index is 394. The molecule has 2 nitrogen and oxygen atoms in total. The van der Waals surface area contributed by atoms with Crippen molar-refractivity contribution < 1.29 is 5.11 Å². The van der Waals surface area contributed by atoms with Crippen LogP contribution >= 0.6 is 0 Å². The first-order valence-electron chi connectivity index (χ1n) is 6.08. The second kappa shape index (κ2) is 5.33. The molecule has 0 aliphatic heterocycles. The summed E-state index contributed by atoms with van der Waals surface area (Å²) in [6, 6.07) is 10.0. The summed E-state index contributed by atoms with van der Waals surface area (Å²) < 4.78 is 0. The molecule has 1 N–H and O–H groups in total. The molecule has 0 spiro atoms. The van der Waals surface area contributed by atoms with Crippen molar-refractivity contribution in [3.05, 3.63) is 35.4 Å². The topological polar surface area (TPSA) is 44.0 Å². The van der Waals surface area contributed by atoms with Crippen molar-refractivity contribution in [2.45, 2.75) is 45.6 Å². The average Bonchev–Trinajstić information content (AvgIpc) is 2.29. The minimum atomic E-state index is -0.681. The second-order valence-corrected chi connectivity index (χ2v) is 5.46. The Kier molecular flexibility index (Phi) is 4.31. The SMILES string of the molecule is CCC(C#N)C(O)c1ccc(C(C)(C)C)cc1. The molecule has 0 saturated carbocycles. The molecule has 1 aromatic rings. The van der Waals surface area contributed by atoms with Crippen molar-refractivity contribution in [2.24, 2.45) is 5.92 Å². The summed E-state index contributed by atoms with van der Waals surface area (Å²) >= 11 is 0. The highest BCUT2D eigenvalue weighted by Crippen LogP contribution is 2.27. The number of nitriles is 1. The number of aliphatic hydroxyl groups is 1. The molecule has 2 heteroatoms. The first-order valence-corrected chi connectivity index (χ1v) is 6.08. The fourth-order valence-electron chi connectivity index (χ4n) is 1.80. The molecule has 0 amide bonds. The molecule has 17 heavy (non-hydrogen) atoms. The maximum absolute atomic E-state index is 10.1. The van der Waals surface area contributed by atoms with Gasteiger partial charge in [0.15, 0.2) is 0 Å². The zero-order valence-electron chi connectivity index (χ0n) is 11.1. The molecule has 0 heterocycles. The van der Waals surface area contributed by atoms with Crippen LogP contribution < -0.4 is 0 Å². The van der Waals surface area contributed by atoms with E-state index in [0.717, 1.165) is 5.56 Å². The van der Waals surface area contributed by atoms with E-state index in [0.29, 0.717) is 6.42 Å². The van der Waals surface area contributed by atoms with Crippen molar-refractivity contribution >= 4 is 0 Å². The second-order valence-electron chi connectivity index (χ2n) is 5.46. The van der Waals surface area contributed by atoms with E-state index in [1.165, 1.54) is 5.56 Å². The fourth-order valence-corrected chi connectivity index (χ4v) is 1.80. The van der Waals surface area contributed by atoms with E-state index in [1.807, 2.05) is 31.2 Å². The molecule has 2 atom stereocenters. The number of hydrogen-bond acceptors (Lipinski definition) is 2. The van der Waals surface area contributed by atoms with Gasteiger partial charge in [0.1, 0.15) is 0 Å². The molecule has 1 aromatic carbocycles. The van der Waals surface area contributed by atoms with Crippen molar-refractivity contribution in [2.75, 3.05) is 0 Å². The molecule has 0 bridgehead atoms. The number of hydrogen-bond donors (Lipinski definition) is 1. The molecule has 92 valence electrons. The lowest BCUT2D eigenvalue weighted by Gasteiger charge is -2.21. The molecular formula is C15H21NO. The third-order valence-corrected chi connectivity index (χ3v) is 3.11. The Morgan fingerprint density at radius 1 is 1.24 bits per heavy atom. The van der Waals surface area contributed by atoms with Gasteiger partial charge in [-0.25, -0.2) is 0 Å². The van der Waals surface area contributed by atoms with Crippen LogP contribution in [0.1, 0.15) is 51.3 Å². The van der Waals surface area contributed by atoms with E-state index in [2.05, 4.69) is 26.8 Å². The maximum Gasteiger partial charge on any atom is 0.0948 e. The highest BCUT2D eigenvalue weighted by molar-refractivity contribution is 5.29. The van der Waals surface area contributed by atoms with Gasteiger partial charge >= 0.3 is 0 Å². The molecule has 0 aliphatic rings. The van der Waals surface area contributed by atoms with Crippen molar-refractivity contribution in [3.63, 3.8) is 0 Å². The molecule has 0 aromatic heterocycles. The normalized spacial score (nSPS) is 15.1. The van der Waals surface area contributed by atoms with Gasteiger partial charge in [-0.2, -0.15) is 5.26 Å². The van der Waals surface area contributed by atoms with Gasteiger partial charge in [-0.3, -0.25) is 0 Å². The third-order valence-electron chi connectivity index (χ3n) is 3.11. The van der Waals surface area contributed by atoms with Gasteiger partial charge < -0.3 is 5.11 Å². The predicted octanol–water partition coefficient (Wildman–Crippen LogP) is 3.57. The van der Waals surface area contributed by atoms with E-state index in [9.17, 15) is 5.11 Å². The average molecular weight is 231 g/mol. The predicted molar refractivity (Wildman–Crippen MR) is 69.5 cm³/mol. The Labute approximate surface area is 104 Å². The van der Waals surface area contributed by atoms with E-state index in [1.54, 1.807) is 0 Å². The quantitative estimate of drug-likeness (QED) is 0.864. The van der Waals surface area contributed by atoms with Crippen LogP contribution in [-0.2, 0) is 5.41 Å². The molecule has 1 rings (SSSR count). The van der Waals surface area contributed by atoms with Crippen LogP contribution in [0.3, 0.4) is 0 Å². The van der Waals surface area contributed by atoms with Crippen molar-refractivity contribution in [1.82, 2.24) is 0 Å². The maximum atomic E-state index is 10.1. The summed E-state index contributed by atoms with van der Waals surface area (Å²) in [6.45, 7) is 8.38. The lowest BCUT2D eigenvalue weighted by molar-refractivity contribution is 0.133. The Hall–Kier alpha value is -1.33. The van der Waals surface area contributed by atoms with E-state index in [-0.39, 0.29) is 11.3 Å². The van der Waals surface area contributed by atoms with Crippen LogP contribution in [0.15, 0.2) is 24.3 Å². The van der Waals surface area contributed by atoms with Crippen LogP contribution in [0.25, 0.3) is 0 Å². The first kappa shape index (κ1) is 13.7. The van der Waals surface area contributed by atoms with Gasteiger partial charge in [-0.05, 0) is 23.0 Å². The molecular weight excluding hydrogens is 210 g/mol. The van der Waals surface area contributed by atoms with Gasteiger partial charge in [-0.15, -0.1) is 0 Å². The van der Waals surface area contributed by atoms with E-state index >= 15 is 0 Å². The standard InChI is InChI=1S/C15H21NO/c1-5-11(10-16)14(17)12-6-8-13(9-7-12)15(2,3)4/h6-9,11,14,17H,5H2,1-4H3. The van der Waals surface area contributed by atoms with Crippen LogP contribution in [0.5, 0.6) is 0 Å². The smallest absolute Gasteiger partial charge is 0.0948 e. The Balaban J connectivity index is 2.92. The lowest BCUT2D eigenvalue weighted by Crippen LogP contribution is -2.13. The highest BCUT2D eigenvalue weighted by atomic mass is 16.3. The van der Waals surface area contributed by atoms with Gasteiger partial charge in [0, 0.05) is 0 Å². The number of benzene rings is 1. The highest BCUT2D eigenvalue weighted by Gasteiger charge is 2.19. The lowest BCUT2D eigenvalue weighted by atomic mass is 9.85. The molecule has 0 saturated heterocycles. The van der Waals surface area contributed by atoms with Crippen molar-refractivity contribution in [3.8, 4) is 6.07 Å². The summed E-state index contributed by atoms with van der Waals surface area (Å²) in [5.74, 6) is -0.324. The zero-order valence-corrected chi connectivity index (χ0v) is 11.1. The molecule has 0 aliphatic carbocycles. The molecule has 0 radical (unpaired) electrons. The van der Waals surface area contributed by atoms with E-state index < -0.39 is 6.10 Å². The number of aliphatic hydroxyl groups excluding tert-OH is 1. The minimum Gasteiger partial charge on any atom is -0.387 e. The van der Waals surface area contributed by atoms with Gasteiger partial charge in [-0.1, -0.05) is 52.0 Å². The van der Waals surface area contributed by atoms with Crippen LogP contribution in [0, 0.1) is 17.2 Å². The largest absolute Gasteiger partial charge is 0.387 e. The minimum absolute atomic E-state index is 0.114. The number of rotatable bonds is 3. The van der Waals surface area contributed by atoms with Gasteiger partial charge in [0.05, 0.1) is 18.1 Å². The zero-order chi connectivity index (χ0) is 13.1. The van der Waals surface area contributed by atoms with Crippen LogP contribution in [0.2, 0.25) is 0 Å². The molecule has 2 unspecified atom stereocenters. The Morgan fingerprint density at radius 2 is 1.76 bits per heavy atom. The summed E-state index contributed by atoms with van der Waals surface area (Å²) in [5, 5.41) is 19.0. The monoisotopic (exact) mass is 231 g/mol. The van der Waals surface area contributed by atoms with Gasteiger partial charge in [0.2, 0.25) is 0 Å². The van der Waals surface area contributed by atoms with Gasteiger partial charge in [0.25, 0.3) is 0 Å². The van der Waals surface area contributed by atoms with Crippen LogP contribution in [-0.4, -0.2) is 5.11 Å². The first-order chi connectivity index (χ1) is 7.90. The fraction of sp³-hybridized carbons (Fsp3) is 0.533. The third kappa shape index (κ3) is 3.31. The summed E-state index contributed by atoms with van der Waals surface area (Å²) in [7, 11) is 0. The number of nitrogens with zero attached hydrogens (tertiary/aromatic N) is 1. The summed E-state index contributed by atoms with van der Waals surface area (Å²) in [6.07, 6.45) is -0.0161. The van der Waals surface area contributed by atoms with Crippen LogP contribution in [0.4, 0.5) is 0 Å².